The summed E-state index contributed by atoms with van der Waals surface area (Å²) in [6, 6.07) is 18.5. The third-order valence-corrected chi connectivity index (χ3v) is 3.59. The molecule has 0 saturated carbocycles. The zero-order valence-electron chi connectivity index (χ0n) is 13.9. The number of hydrogen-bond acceptors (Lipinski definition) is 5. The summed E-state index contributed by atoms with van der Waals surface area (Å²) in [4.78, 5) is 24.2. The Balaban J connectivity index is 2.11. The number of ether oxygens (including phenoxy) is 1. The first kappa shape index (κ1) is 18.0. The van der Waals surface area contributed by atoms with E-state index in [0.717, 1.165) is 11.1 Å². The smallest absolute Gasteiger partial charge is 0.338 e. The van der Waals surface area contributed by atoms with Crippen molar-refractivity contribution in [2.75, 3.05) is 6.61 Å². The molecular formula is C20H18N2O3. The Bertz CT molecular complexity index is 845. The van der Waals surface area contributed by atoms with Crippen LogP contribution in [0.2, 0.25) is 0 Å². The number of allylic oxidation sites excluding steroid dienone is 1. The highest BCUT2D eigenvalue weighted by Crippen LogP contribution is 2.15. The highest BCUT2D eigenvalue weighted by Gasteiger charge is 2.17. The first-order valence-electron chi connectivity index (χ1n) is 7.71. The number of hydrogen-bond donors (Lipinski definition) is 1. The number of ketones is 1. The number of carbonyl (C=O) groups is 2. The average Bonchev–Trinajstić information content (AvgIpc) is 2.61. The normalized spacial score (nSPS) is 11.2. The van der Waals surface area contributed by atoms with Crippen molar-refractivity contribution >= 4 is 11.8 Å². The first-order valence-corrected chi connectivity index (χ1v) is 7.71. The second-order valence-corrected chi connectivity index (χ2v) is 5.49. The topological polar surface area (TPSA) is 93.2 Å². The van der Waals surface area contributed by atoms with Crippen LogP contribution < -0.4 is 5.73 Å². The van der Waals surface area contributed by atoms with E-state index in [4.69, 9.17) is 15.7 Å². The molecule has 0 unspecified atom stereocenters. The van der Waals surface area contributed by atoms with Gasteiger partial charge in [-0.2, -0.15) is 5.26 Å². The van der Waals surface area contributed by atoms with Crippen molar-refractivity contribution in [2.45, 2.75) is 13.3 Å². The maximum absolute atomic E-state index is 12.3. The molecule has 5 nitrogen and oxygen atoms in total. The average molecular weight is 334 g/mol. The molecule has 0 amide bonds. The van der Waals surface area contributed by atoms with Crippen LogP contribution in [0.25, 0.3) is 0 Å². The molecular weight excluding hydrogens is 316 g/mol. The summed E-state index contributed by atoms with van der Waals surface area (Å²) >= 11 is 0. The van der Waals surface area contributed by atoms with Crippen molar-refractivity contribution in [1.29, 1.82) is 5.26 Å². The molecule has 0 aliphatic carbocycles. The van der Waals surface area contributed by atoms with E-state index in [2.05, 4.69) is 0 Å². The van der Waals surface area contributed by atoms with E-state index in [1.165, 1.54) is 6.92 Å². The van der Waals surface area contributed by atoms with E-state index in [9.17, 15) is 9.59 Å². The molecule has 0 spiro atoms. The van der Waals surface area contributed by atoms with Gasteiger partial charge in [-0.3, -0.25) is 4.79 Å². The number of rotatable bonds is 6. The Morgan fingerprint density at radius 2 is 1.72 bits per heavy atom. The summed E-state index contributed by atoms with van der Waals surface area (Å²) in [5.41, 5.74) is 7.65. The molecule has 0 bridgehead atoms. The van der Waals surface area contributed by atoms with Gasteiger partial charge in [0.2, 0.25) is 5.78 Å². The van der Waals surface area contributed by atoms with Crippen LogP contribution >= 0.6 is 0 Å². The highest BCUT2D eigenvalue weighted by atomic mass is 16.5. The minimum absolute atomic E-state index is 0.105. The van der Waals surface area contributed by atoms with Gasteiger partial charge < -0.3 is 10.5 Å². The lowest BCUT2D eigenvalue weighted by Crippen LogP contribution is -2.18. The molecule has 0 saturated heterocycles. The molecule has 0 aromatic heterocycles. The SMILES string of the molecule is C/C(N)=C(\C#N)C(=O)COC(=O)c1ccccc1Cc1ccccc1. The maximum atomic E-state index is 12.3. The van der Waals surface area contributed by atoms with Gasteiger partial charge >= 0.3 is 5.97 Å². The Morgan fingerprint density at radius 3 is 2.36 bits per heavy atom. The van der Waals surface area contributed by atoms with Crippen LogP contribution in [0.1, 0.15) is 28.4 Å². The fourth-order valence-electron chi connectivity index (χ4n) is 2.34. The van der Waals surface area contributed by atoms with Gasteiger partial charge in [-0.1, -0.05) is 48.5 Å². The predicted octanol–water partition coefficient (Wildman–Crippen LogP) is 2.76. The third-order valence-electron chi connectivity index (χ3n) is 3.59. The Labute approximate surface area is 146 Å². The Hall–Kier alpha value is -3.39. The molecule has 0 radical (unpaired) electrons. The zero-order chi connectivity index (χ0) is 18.2. The lowest BCUT2D eigenvalue weighted by atomic mass is 10.00. The molecule has 0 aliphatic rings. The number of nitriles is 1. The molecule has 0 fully saturated rings. The van der Waals surface area contributed by atoms with Crippen LogP contribution in [-0.4, -0.2) is 18.4 Å². The predicted molar refractivity (Wildman–Crippen MR) is 93.5 cm³/mol. The van der Waals surface area contributed by atoms with Gasteiger partial charge in [0, 0.05) is 5.70 Å². The van der Waals surface area contributed by atoms with Crippen LogP contribution in [0.15, 0.2) is 65.9 Å². The van der Waals surface area contributed by atoms with Crippen LogP contribution in [0.5, 0.6) is 0 Å². The second-order valence-electron chi connectivity index (χ2n) is 5.49. The standard InChI is InChI=1S/C20H18N2O3/c1-14(22)18(12-21)19(23)13-25-20(24)17-10-6-5-9-16(17)11-15-7-3-2-4-8-15/h2-10H,11,13,22H2,1H3/b18-14-. The summed E-state index contributed by atoms with van der Waals surface area (Å²) < 4.78 is 5.07. The largest absolute Gasteiger partial charge is 0.454 e. The van der Waals surface area contributed by atoms with Crippen molar-refractivity contribution in [3.8, 4) is 6.07 Å². The van der Waals surface area contributed by atoms with Gasteiger partial charge in [0.25, 0.3) is 0 Å². The maximum Gasteiger partial charge on any atom is 0.338 e. The number of carbonyl (C=O) groups excluding carboxylic acids is 2. The summed E-state index contributed by atoms with van der Waals surface area (Å²) in [5.74, 6) is -1.22. The number of esters is 1. The van der Waals surface area contributed by atoms with Gasteiger partial charge in [0.15, 0.2) is 6.61 Å². The van der Waals surface area contributed by atoms with E-state index in [1.807, 2.05) is 42.5 Å². The van der Waals surface area contributed by atoms with Crippen molar-refractivity contribution in [1.82, 2.24) is 0 Å². The summed E-state index contributed by atoms with van der Waals surface area (Å²) in [6.07, 6.45) is 0.575. The van der Waals surface area contributed by atoms with Gasteiger partial charge in [-0.15, -0.1) is 0 Å². The molecule has 0 atom stereocenters. The van der Waals surface area contributed by atoms with Crippen LogP contribution in [0.4, 0.5) is 0 Å². The molecule has 0 heterocycles. The van der Waals surface area contributed by atoms with E-state index in [0.29, 0.717) is 12.0 Å². The Morgan fingerprint density at radius 1 is 1.08 bits per heavy atom. The third kappa shape index (κ3) is 4.79. The minimum Gasteiger partial charge on any atom is -0.454 e. The summed E-state index contributed by atoms with van der Waals surface area (Å²) in [7, 11) is 0. The fourth-order valence-corrected chi connectivity index (χ4v) is 2.34. The fraction of sp³-hybridized carbons (Fsp3) is 0.150. The van der Waals surface area contributed by atoms with Crippen LogP contribution in [-0.2, 0) is 16.0 Å². The van der Waals surface area contributed by atoms with Crippen LogP contribution in [0.3, 0.4) is 0 Å². The molecule has 5 heteroatoms. The summed E-state index contributed by atoms with van der Waals surface area (Å²) in [6.45, 7) is 0.934. The minimum atomic E-state index is -0.614. The van der Waals surface area contributed by atoms with Gasteiger partial charge in [0.05, 0.1) is 5.56 Å². The molecule has 126 valence electrons. The lowest BCUT2D eigenvalue weighted by Gasteiger charge is -2.09. The van der Waals surface area contributed by atoms with Gasteiger partial charge in [0.1, 0.15) is 11.6 Å². The van der Waals surface area contributed by atoms with Crippen molar-refractivity contribution < 1.29 is 14.3 Å². The lowest BCUT2D eigenvalue weighted by molar-refractivity contribution is -0.118. The van der Waals surface area contributed by atoms with E-state index in [1.54, 1.807) is 18.2 Å². The zero-order valence-corrected chi connectivity index (χ0v) is 13.9. The van der Waals surface area contributed by atoms with Crippen molar-refractivity contribution in [2.24, 2.45) is 5.73 Å². The summed E-state index contributed by atoms with van der Waals surface area (Å²) in [5, 5.41) is 8.91. The molecule has 2 N–H and O–H groups in total. The van der Waals surface area contributed by atoms with E-state index in [-0.39, 0.29) is 11.3 Å². The van der Waals surface area contributed by atoms with Gasteiger partial charge in [-0.25, -0.2) is 4.79 Å². The molecule has 2 aromatic rings. The van der Waals surface area contributed by atoms with Crippen molar-refractivity contribution in [3.63, 3.8) is 0 Å². The molecule has 0 aliphatic heterocycles. The number of Topliss-reactive ketones (excluding diaryl/α,β-unsaturated/α-hetero) is 1. The molecule has 2 rings (SSSR count). The monoisotopic (exact) mass is 334 g/mol. The van der Waals surface area contributed by atoms with E-state index >= 15 is 0 Å². The number of nitrogens with zero attached hydrogens (tertiary/aromatic N) is 1. The number of benzene rings is 2. The first-order chi connectivity index (χ1) is 12.0. The van der Waals surface area contributed by atoms with Crippen LogP contribution in [0, 0.1) is 11.3 Å². The van der Waals surface area contributed by atoms with E-state index < -0.39 is 18.4 Å². The molecule has 25 heavy (non-hydrogen) atoms. The quantitative estimate of drug-likeness (QED) is 0.498. The highest BCUT2D eigenvalue weighted by molar-refractivity contribution is 6.02. The number of nitrogens with two attached hydrogens (primary N) is 1. The van der Waals surface area contributed by atoms with Gasteiger partial charge in [-0.05, 0) is 30.5 Å². The van der Waals surface area contributed by atoms with Crippen molar-refractivity contribution in [3.05, 3.63) is 82.6 Å². The molecule has 2 aromatic carbocycles. The Kier molecular flexibility index (Phi) is 6.08. The second kappa shape index (κ2) is 8.46.